The van der Waals surface area contributed by atoms with Gasteiger partial charge in [-0.15, -0.1) is 16.3 Å². The summed E-state index contributed by atoms with van der Waals surface area (Å²) in [6, 6.07) is 0. The lowest BCUT2D eigenvalue weighted by Crippen LogP contribution is -2.35. The van der Waals surface area contributed by atoms with Gasteiger partial charge in [-0.1, -0.05) is 0 Å². The fourth-order valence-corrected chi connectivity index (χ4v) is 3.20. The number of halogens is 4. The van der Waals surface area contributed by atoms with Gasteiger partial charge in [0.1, 0.15) is 6.54 Å². The molecule has 0 radical (unpaired) electrons. The number of nitriles is 1. The molecule has 0 aliphatic carbocycles. The molecule has 194 valence electrons. The molecule has 0 aromatic carbocycles. The van der Waals surface area contributed by atoms with Gasteiger partial charge in [-0.2, -0.15) is 25.8 Å². The highest BCUT2D eigenvalue weighted by atomic mass is 32.2. The number of anilines is 1. The van der Waals surface area contributed by atoms with Crippen LogP contribution in [0, 0.1) is 11.5 Å². The van der Waals surface area contributed by atoms with Crippen LogP contribution in [0.15, 0.2) is 27.5 Å². The predicted octanol–water partition coefficient (Wildman–Crippen LogP) is 1.36. The number of rotatable bonds is 11. The summed E-state index contributed by atoms with van der Waals surface area (Å²) in [7, 11) is 1.64. The van der Waals surface area contributed by atoms with E-state index < -0.39 is 36.8 Å². The van der Waals surface area contributed by atoms with Crippen molar-refractivity contribution in [3.63, 3.8) is 0 Å². The number of alkyl halides is 4. The maximum absolute atomic E-state index is 12.8. The van der Waals surface area contributed by atoms with Crippen molar-refractivity contribution in [2.24, 2.45) is 15.7 Å². The number of thiazole rings is 1. The zero-order valence-electron chi connectivity index (χ0n) is 18.0. The average molecular weight is 543 g/mol. The highest BCUT2D eigenvalue weighted by Gasteiger charge is 2.40. The van der Waals surface area contributed by atoms with Crippen LogP contribution in [0.4, 0.5) is 22.7 Å². The second-order valence-electron chi connectivity index (χ2n) is 5.83. The number of hydrogen-bond donors (Lipinski definition) is 6. The molecule has 0 aliphatic heterocycles. The van der Waals surface area contributed by atoms with E-state index in [0.717, 1.165) is 11.4 Å². The van der Waals surface area contributed by atoms with Gasteiger partial charge in [0.15, 0.2) is 11.1 Å². The third-order valence-corrected chi connectivity index (χ3v) is 4.92. The quantitative estimate of drug-likeness (QED) is 0.0589. The molecule has 0 bridgehead atoms. The molecule has 0 saturated carbocycles. The van der Waals surface area contributed by atoms with Gasteiger partial charge in [0.05, 0.1) is 5.69 Å². The number of nitrogens with zero attached hydrogens (tertiary/aromatic N) is 4. The number of guanidine groups is 2. The van der Waals surface area contributed by atoms with E-state index in [0.29, 0.717) is 35.5 Å². The number of carboxylic acids is 2. The van der Waals surface area contributed by atoms with Gasteiger partial charge in [-0.3, -0.25) is 0 Å². The molecular weight excluding hydrogens is 520 g/mol. The molecule has 7 N–H and O–H groups in total. The van der Waals surface area contributed by atoms with Crippen LogP contribution in [0.2, 0.25) is 0 Å². The smallest absolute Gasteiger partial charge is 0.328 e. The topological polar surface area (TPSA) is 198 Å². The summed E-state index contributed by atoms with van der Waals surface area (Å²) in [5, 5.41) is 34.3. The van der Waals surface area contributed by atoms with Crippen molar-refractivity contribution in [3.05, 3.63) is 23.2 Å². The molecule has 18 heteroatoms. The SMILES string of the molecule is CNC(=NC#N)NCCSCc1csc(NC(N)=NCC(F)(F)C(F)F)n1.O=C(O)C=CC(=O)O. The Morgan fingerprint density at radius 2 is 2.00 bits per heavy atom. The van der Waals surface area contributed by atoms with Crippen LogP contribution in [0.1, 0.15) is 5.69 Å². The second kappa shape index (κ2) is 16.9. The number of aliphatic carboxylic acids is 2. The van der Waals surface area contributed by atoms with Gasteiger partial charge in [-0.25, -0.2) is 28.3 Å². The second-order valence-corrected chi connectivity index (χ2v) is 7.80. The Balaban J connectivity index is 0.00000124. The van der Waals surface area contributed by atoms with Crippen LogP contribution in [0.25, 0.3) is 0 Å². The molecule has 0 spiro atoms. The number of carbonyl (C=O) groups is 2. The van der Waals surface area contributed by atoms with Gasteiger partial charge in [0.2, 0.25) is 12.2 Å². The Kier molecular flexibility index (Phi) is 15.2. The van der Waals surface area contributed by atoms with E-state index in [9.17, 15) is 27.2 Å². The summed E-state index contributed by atoms with van der Waals surface area (Å²) < 4.78 is 49.7. The van der Waals surface area contributed by atoms with Gasteiger partial charge in [-0.05, 0) is 0 Å². The van der Waals surface area contributed by atoms with Crippen LogP contribution in [0.3, 0.4) is 0 Å². The van der Waals surface area contributed by atoms with Crippen molar-refractivity contribution in [3.8, 4) is 6.19 Å². The van der Waals surface area contributed by atoms with Crippen molar-refractivity contribution in [1.29, 1.82) is 5.26 Å². The fourth-order valence-electron chi connectivity index (χ4n) is 1.63. The number of nitrogens with one attached hydrogen (secondary N) is 3. The number of carboxylic acid groups (broad SMARTS) is 2. The summed E-state index contributed by atoms with van der Waals surface area (Å²) in [6.07, 6.45) is -1.02. The van der Waals surface area contributed by atoms with Crippen molar-refractivity contribution in [2.75, 3.05) is 31.2 Å². The summed E-state index contributed by atoms with van der Waals surface area (Å²) in [4.78, 5) is 30.0. The Labute approximate surface area is 205 Å². The Morgan fingerprint density at radius 3 is 2.51 bits per heavy atom. The molecule has 0 unspecified atom stereocenters. The first-order valence-corrected chi connectivity index (χ1v) is 11.2. The minimum absolute atomic E-state index is 0.323. The van der Waals surface area contributed by atoms with E-state index in [1.165, 1.54) is 11.3 Å². The van der Waals surface area contributed by atoms with E-state index in [1.807, 2.05) is 0 Å². The number of aliphatic imine (C=N–C) groups is 2. The number of hydrogen-bond acceptors (Lipinski definition) is 8. The Hall–Kier alpha value is -3.59. The standard InChI is InChI=1S/C13H18F4N8S2.C4H4O4/c1-20-11(23-7-18)21-2-3-26-4-8-5-27-12(24-8)25-10(19)22-6-13(16,17)9(14)15;5-3(6)1-2-4(7)8/h5,9H,2-4,6H2,1H3,(H2,20,21,23)(H3,19,22,24,25);1-2H,(H,5,6)(H,7,8). The minimum Gasteiger partial charge on any atom is -0.478 e. The summed E-state index contributed by atoms with van der Waals surface area (Å²) in [5.74, 6) is -5.46. The summed E-state index contributed by atoms with van der Waals surface area (Å²) in [6.45, 7) is -0.826. The molecule has 35 heavy (non-hydrogen) atoms. The van der Waals surface area contributed by atoms with Crippen LogP contribution in [0.5, 0.6) is 0 Å². The van der Waals surface area contributed by atoms with Crippen LogP contribution in [-0.4, -0.2) is 77.3 Å². The summed E-state index contributed by atoms with van der Waals surface area (Å²) in [5.41, 5.74) is 6.14. The maximum atomic E-state index is 12.8. The molecule has 1 rings (SSSR count). The van der Waals surface area contributed by atoms with Gasteiger partial charge >= 0.3 is 24.3 Å². The van der Waals surface area contributed by atoms with E-state index in [4.69, 9.17) is 21.2 Å². The first kappa shape index (κ1) is 31.4. The lowest BCUT2D eigenvalue weighted by Gasteiger charge is -2.12. The van der Waals surface area contributed by atoms with Crippen LogP contribution >= 0.6 is 23.1 Å². The molecule has 1 heterocycles. The molecule has 12 nitrogen and oxygen atoms in total. The predicted molar refractivity (Wildman–Crippen MR) is 124 cm³/mol. The van der Waals surface area contributed by atoms with Crippen molar-refractivity contribution < 1.29 is 37.4 Å². The Bertz CT molecular complexity index is 935. The highest BCUT2D eigenvalue weighted by molar-refractivity contribution is 7.98. The molecule has 0 saturated heterocycles. The zero-order valence-corrected chi connectivity index (χ0v) is 19.7. The minimum atomic E-state index is -4.23. The van der Waals surface area contributed by atoms with Crippen molar-refractivity contribution in [2.45, 2.75) is 18.1 Å². The number of thioether (sulfide) groups is 1. The number of nitrogens with two attached hydrogens (primary N) is 1. The fraction of sp³-hybridized carbons (Fsp3) is 0.412. The van der Waals surface area contributed by atoms with E-state index >= 15 is 0 Å². The number of aromatic nitrogens is 1. The molecule has 1 aromatic rings. The average Bonchev–Trinajstić information content (AvgIpc) is 3.22. The largest absolute Gasteiger partial charge is 0.478 e. The molecular formula is C17H22F4N8O4S2. The third kappa shape index (κ3) is 15.8. The van der Waals surface area contributed by atoms with Crippen LogP contribution < -0.4 is 21.7 Å². The summed E-state index contributed by atoms with van der Waals surface area (Å²) >= 11 is 2.75. The molecule has 0 atom stereocenters. The molecule has 1 aromatic heterocycles. The third-order valence-electron chi connectivity index (χ3n) is 3.12. The van der Waals surface area contributed by atoms with Crippen LogP contribution in [-0.2, 0) is 15.3 Å². The molecule has 0 fully saturated rings. The first-order valence-electron chi connectivity index (χ1n) is 9.18. The van der Waals surface area contributed by atoms with Gasteiger partial charge in [0.25, 0.3) is 0 Å². The molecule has 0 aliphatic rings. The van der Waals surface area contributed by atoms with E-state index in [-0.39, 0.29) is 0 Å². The first-order chi connectivity index (χ1) is 16.4. The lowest BCUT2D eigenvalue weighted by molar-refractivity contribution is -0.134. The zero-order chi connectivity index (χ0) is 26.9. The molecule has 0 amide bonds. The maximum Gasteiger partial charge on any atom is 0.328 e. The van der Waals surface area contributed by atoms with Gasteiger partial charge in [0, 0.05) is 42.6 Å². The normalized spacial score (nSPS) is 12.0. The van der Waals surface area contributed by atoms with Crippen molar-refractivity contribution >= 4 is 52.1 Å². The monoisotopic (exact) mass is 542 g/mol. The highest BCUT2D eigenvalue weighted by Crippen LogP contribution is 2.23. The van der Waals surface area contributed by atoms with Crippen molar-refractivity contribution in [1.82, 2.24) is 15.6 Å². The lowest BCUT2D eigenvalue weighted by atomic mass is 10.3. The van der Waals surface area contributed by atoms with E-state index in [2.05, 4.69) is 30.9 Å². The van der Waals surface area contributed by atoms with E-state index in [1.54, 1.807) is 30.4 Å². The Morgan fingerprint density at radius 1 is 1.37 bits per heavy atom. The van der Waals surface area contributed by atoms with Gasteiger partial charge < -0.3 is 31.9 Å².